The smallest absolute Gasteiger partial charge is 0.242 e. The lowest BCUT2D eigenvalue weighted by atomic mass is 10.00. The van der Waals surface area contributed by atoms with Gasteiger partial charge in [-0.15, -0.1) is 11.3 Å². The molecule has 0 fully saturated rings. The molecule has 2 aromatic rings. The predicted octanol–water partition coefficient (Wildman–Crippen LogP) is 4.30. The second-order valence-corrected chi connectivity index (χ2v) is 9.68. The molecule has 1 atom stereocenters. The number of ether oxygens (including phenoxy) is 2. The van der Waals surface area contributed by atoms with E-state index in [0.717, 1.165) is 12.0 Å². The minimum absolute atomic E-state index is 0.0122. The van der Waals surface area contributed by atoms with Gasteiger partial charge in [-0.1, -0.05) is 13.8 Å². The number of nitrogens with zero attached hydrogens (tertiary/aromatic N) is 2. The maximum absolute atomic E-state index is 13.4. The lowest BCUT2D eigenvalue weighted by Crippen LogP contribution is -2.48. The largest absolute Gasteiger partial charge is 0.491 e. The van der Waals surface area contributed by atoms with E-state index in [9.17, 15) is 14.0 Å². The predicted molar refractivity (Wildman–Crippen MR) is 127 cm³/mol. The minimum Gasteiger partial charge on any atom is -0.491 e. The van der Waals surface area contributed by atoms with Gasteiger partial charge in [0.05, 0.1) is 12.6 Å². The Morgan fingerprint density at radius 3 is 2.70 bits per heavy atom. The Balaban J connectivity index is 1.73. The maximum Gasteiger partial charge on any atom is 0.242 e. The molecule has 1 aliphatic heterocycles. The molecule has 0 saturated carbocycles. The summed E-state index contributed by atoms with van der Waals surface area (Å²) in [5.74, 6) is 0.352. The van der Waals surface area contributed by atoms with Crippen LogP contribution >= 0.6 is 11.3 Å². The molecule has 2 heterocycles. The SMILES string of the molecule is COCCCN(CC(=O)N1CCc2sccc2C1COc1ccc(F)cc1)C(=O)CC(C)C. The van der Waals surface area contributed by atoms with Crippen LogP contribution < -0.4 is 4.74 Å². The van der Waals surface area contributed by atoms with E-state index < -0.39 is 0 Å². The normalized spacial score (nSPS) is 15.4. The van der Waals surface area contributed by atoms with E-state index in [4.69, 9.17) is 9.47 Å². The zero-order chi connectivity index (χ0) is 23.8. The Hall–Kier alpha value is -2.45. The number of fused-ring (bicyclic) bond motifs is 1. The second-order valence-electron chi connectivity index (χ2n) is 8.68. The first-order chi connectivity index (χ1) is 15.9. The van der Waals surface area contributed by atoms with Crippen LogP contribution in [0.4, 0.5) is 4.39 Å². The molecule has 8 heteroatoms. The summed E-state index contributed by atoms with van der Waals surface area (Å²) in [5.41, 5.74) is 1.08. The van der Waals surface area contributed by atoms with Gasteiger partial charge in [0.1, 0.15) is 18.2 Å². The molecule has 1 unspecified atom stereocenters. The number of methoxy groups -OCH3 is 1. The van der Waals surface area contributed by atoms with Gasteiger partial charge in [0, 0.05) is 38.1 Å². The van der Waals surface area contributed by atoms with Gasteiger partial charge in [0.15, 0.2) is 0 Å². The Bertz CT molecular complexity index is 915. The summed E-state index contributed by atoms with van der Waals surface area (Å²) in [6, 6.07) is 7.67. The van der Waals surface area contributed by atoms with Gasteiger partial charge in [-0.3, -0.25) is 9.59 Å². The van der Waals surface area contributed by atoms with Crippen LogP contribution in [0.3, 0.4) is 0 Å². The average molecular weight is 477 g/mol. The molecule has 2 amide bonds. The van der Waals surface area contributed by atoms with Crippen LogP contribution in [0.15, 0.2) is 35.7 Å². The van der Waals surface area contributed by atoms with Crippen molar-refractivity contribution in [2.45, 2.75) is 39.2 Å². The van der Waals surface area contributed by atoms with Crippen LogP contribution in [0.1, 0.15) is 43.2 Å². The molecule has 0 aliphatic carbocycles. The fourth-order valence-corrected chi connectivity index (χ4v) is 4.93. The van der Waals surface area contributed by atoms with Crippen molar-refractivity contribution in [3.63, 3.8) is 0 Å². The molecule has 6 nitrogen and oxygen atoms in total. The Labute approximate surface area is 199 Å². The van der Waals surface area contributed by atoms with Crippen molar-refractivity contribution in [2.75, 3.05) is 40.0 Å². The van der Waals surface area contributed by atoms with Crippen molar-refractivity contribution in [1.29, 1.82) is 0 Å². The van der Waals surface area contributed by atoms with Crippen molar-refractivity contribution in [3.05, 3.63) is 52.0 Å². The zero-order valence-electron chi connectivity index (χ0n) is 19.6. The van der Waals surface area contributed by atoms with Crippen LogP contribution in [-0.4, -0.2) is 61.6 Å². The highest BCUT2D eigenvalue weighted by atomic mass is 32.1. The third-order valence-corrected chi connectivity index (χ3v) is 6.67. The van der Waals surface area contributed by atoms with Crippen LogP contribution in [0.2, 0.25) is 0 Å². The zero-order valence-corrected chi connectivity index (χ0v) is 20.4. The van der Waals surface area contributed by atoms with Crippen LogP contribution in [0.25, 0.3) is 0 Å². The molecule has 1 aromatic carbocycles. The van der Waals surface area contributed by atoms with E-state index in [1.807, 2.05) is 30.2 Å². The number of hydrogen-bond acceptors (Lipinski definition) is 5. The lowest BCUT2D eigenvalue weighted by Gasteiger charge is -2.37. The van der Waals surface area contributed by atoms with Crippen molar-refractivity contribution in [1.82, 2.24) is 9.80 Å². The first-order valence-electron chi connectivity index (χ1n) is 11.4. The van der Waals surface area contributed by atoms with Gasteiger partial charge in [-0.2, -0.15) is 0 Å². The highest BCUT2D eigenvalue weighted by Gasteiger charge is 2.33. The van der Waals surface area contributed by atoms with Crippen LogP contribution in [0, 0.1) is 11.7 Å². The van der Waals surface area contributed by atoms with Gasteiger partial charge in [0.2, 0.25) is 11.8 Å². The Kier molecular flexibility index (Phi) is 9.26. The fraction of sp³-hybridized carbons (Fsp3) is 0.520. The standard InChI is InChI=1S/C25H33FN2O4S/c1-18(2)15-24(29)27(11-4-13-31-3)16-25(30)28-12-9-23-21(10-14-33-23)22(28)17-32-20-7-5-19(26)6-8-20/h5-8,10,14,18,22H,4,9,11-13,15-17H2,1-3H3. The molecule has 0 N–H and O–H groups in total. The summed E-state index contributed by atoms with van der Waals surface area (Å²) >= 11 is 1.68. The van der Waals surface area contributed by atoms with Crippen molar-refractivity contribution in [2.24, 2.45) is 5.92 Å². The van der Waals surface area contributed by atoms with Crippen molar-refractivity contribution >= 4 is 23.2 Å². The highest BCUT2D eigenvalue weighted by molar-refractivity contribution is 7.10. The molecule has 1 aliphatic rings. The van der Waals surface area contributed by atoms with Crippen molar-refractivity contribution in [3.8, 4) is 5.75 Å². The van der Waals surface area contributed by atoms with Crippen molar-refractivity contribution < 1.29 is 23.5 Å². The van der Waals surface area contributed by atoms with Gasteiger partial charge in [-0.05, 0) is 60.0 Å². The van der Waals surface area contributed by atoms with Gasteiger partial charge in [0.25, 0.3) is 0 Å². The van der Waals surface area contributed by atoms with Gasteiger partial charge in [-0.25, -0.2) is 4.39 Å². The summed E-state index contributed by atoms with van der Waals surface area (Å²) in [7, 11) is 1.63. The molecule has 180 valence electrons. The number of carbonyl (C=O) groups excluding carboxylic acids is 2. The number of carbonyl (C=O) groups is 2. The summed E-state index contributed by atoms with van der Waals surface area (Å²) < 4.78 is 24.3. The monoisotopic (exact) mass is 476 g/mol. The summed E-state index contributed by atoms with van der Waals surface area (Å²) in [4.78, 5) is 31.0. The van der Waals surface area contributed by atoms with E-state index in [2.05, 4.69) is 0 Å². The van der Waals surface area contributed by atoms with Crippen LogP contribution in [0.5, 0.6) is 5.75 Å². The molecule has 0 radical (unpaired) electrons. The Morgan fingerprint density at radius 1 is 1.24 bits per heavy atom. The summed E-state index contributed by atoms with van der Waals surface area (Å²) in [6.45, 7) is 5.91. The van der Waals surface area contributed by atoms with E-state index in [-0.39, 0.29) is 42.7 Å². The quantitative estimate of drug-likeness (QED) is 0.454. The number of halogens is 1. The van der Waals surface area contributed by atoms with E-state index in [1.165, 1.54) is 17.0 Å². The number of amides is 2. The third kappa shape index (κ3) is 7.01. The fourth-order valence-electron chi connectivity index (χ4n) is 4.00. The molecule has 1 aromatic heterocycles. The number of thiophene rings is 1. The molecule has 33 heavy (non-hydrogen) atoms. The molecule has 0 saturated heterocycles. The molecular formula is C25H33FN2O4S. The van der Waals surface area contributed by atoms with E-state index in [0.29, 0.717) is 38.3 Å². The first kappa shape index (κ1) is 25.2. The lowest BCUT2D eigenvalue weighted by molar-refractivity contribution is -0.143. The minimum atomic E-state index is -0.323. The maximum atomic E-state index is 13.4. The van der Waals surface area contributed by atoms with Gasteiger partial charge < -0.3 is 19.3 Å². The second kappa shape index (κ2) is 12.1. The third-order valence-electron chi connectivity index (χ3n) is 5.67. The summed E-state index contributed by atoms with van der Waals surface area (Å²) in [5, 5.41) is 2.03. The highest BCUT2D eigenvalue weighted by Crippen LogP contribution is 2.34. The number of rotatable bonds is 11. The van der Waals surface area contributed by atoms with E-state index >= 15 is 0 Å². The first-order valence-corrected chi connectivity index (χ1v) is 12.3. The molecule has 0 spiro atoms. The Morgan fingerprint density at radius 2 is 2.00 bits per heavy atom. The molecule has 3 rings (SSSR count). The van der Waals surface area contributed by atoms with Crippen LogP contribution in [-0.2, 0) is 20.7 Å². The number of hydrogen-bond donors (Lipinski definition) is 0. The molecule has 0 bridgehead atoms. The summed E-state index contributed by atoms with van der Waals surface area (Å²) in [6.07, 6.45) is 1.88. The average Bonchev–Trinajstić information content (AvgIpc) is 3.26. The van der Waals surface area contributed by atoms with Gasteiger partial charge >= 0.3 is 0 Å². The number of benzene rings is 1. The topological polar surface area (TPSA) is 59.1 Å². The van der Waals surface area contributed by atoms with E-state index in [1.54, 1.807) is 35.5 Å². The molecular weight excluding hydrogens is 443 g/mol.